The predicted molar refractivity (Wildman–Crippen MR) is 63.9 cm³/mol. The molecule has 2 heteroatoms. The first-order valence-corrected chi connectivity index (χ1v) is 5.91. The summed E-state index contributed by atoms with van der Waals surface area (Å²) >= 11 is 2.38. The van der Waals surface area contributed by atoms with Crippen molar-refractivity contribution in [3.63, 3.8) is 0 Å². The van der Waals surface area contributed by atoms with Crippen molar-refractivity contribution in [2.24, 2.45) is 0 Å². The molecule has 0 amide bonds. The van der Waals surface area contributed by atoms with Crippen molar-refractivity contribution in [3.8, 4) is 0 Å². The highest BCUT2D eigenvalue weighted by Crippen LogP contribution is 2.26. The van der Waals surface area contributed by atoms with Crippen LogP contribution >= 0.6 is 22.6 Å². The van der Waals surface area contributed by atoms with Crippen LogP contribution < -0.4 is 5.32 Å². The third-order valence-corrected chi connectivity index (χ3v) is 3.35. The first-order chi connectivity index (χ1) is 6.31. The number of halogens is 1. The molecular weight excluding hydrogens is 273 g/mol. The molecule has 1 aliphatic heterocycles. The Morgan fingerprint density at radius 3 is 3.15 bits per heavy atom. The van der Waals surface area contributed by atoms with E-state index in [1.54, 1.807) is 0 Å². The van der Waals surface area contributed by atoms with Crippen LogP contribution in [0, 0.1) is 3.57 Å². The molecule has 0 bridgehead atoms. The molecule has 0 fully saturated rings. The number of fused-ring (bicyclic) bond motifs is 1. The van der Waals surface area contributed by atoms with Gasteiger partial charge in [-0.2, -0.15) is 0 Å². The van der Waals surface area contributed by atoms with Gasteiger partial charge in [0.1, 0.15) is 0 Å². The molecule has 0 saturated carbocycles. The van der Waals surface area contributed by atoms with Gasteiger partial charge in [-0.15, -0.1) is 0 Å². The van der Waals surface area contributed by atoms with Crippen molar-refractivity contribution >= 4 is 22.6 Å². The highest BCUT2D eigenvalue weighted by atomic mass is 127. The Kier molecular flexibility index (Phi) is 2.89. The Balaban J connectivity index is 2.41. The number of hydrogen-bond donors (Lipinski definition) is 1. The molecular formula is C11H14IN. The Hall–Kier alpha value is -0.0900. The number of benzene rings is 1. The minimum atomic E-state index is 0.582. The second-order valence-electron chi connectivity index (χ2n) is 3.51. The molecule has 1 nitrogen and oxygen atoms in total. The van der Waals surface area contributed by atoms with Gasteiger partial charge in [0.15, 0.2) is 0 Å². The summed E-state index contributed by atoms with van der Waals surface area (Å²) in [6.45, 7) is 3.37. The smallest absolute Gasteiger partial charge is 0.0320 e. The molecule has 1 heterocycles. The lowest BCUT2D eigenvalue weighted by Gasteiger charge is -2.26. The fourth-order valence-electron chi connectivity index (χ4n) is 1.97. The summed E-state index contributed by atoms with van der Waals surface area (Å²) in [5, 5.41) is 3.55. The average molecular weight is 287 g/mol. The zero-order chi connectivity index (χ0) is 9.26. The topological polar surface area (TPSA) is 12.0 Å². The molecule has 1 aromatic carbocycles. The van der Waals surface area contributed by atoms with Crippen LogP contribution in [0.3, 0.4) is 0 Å². The molecule has 1 atom stereocenters. The van der Waals surface area contributed by atoms with Gasteiger partial charge in [0.2, 0.25) is 0 Å². The normalized spacial score (nSPS) is 21.2. The zero-order valence-electron chi connectivity index (χ0n) is 7.81. The van der Waals surface area contributed by atoms with Crippen LogP contribution in [0.15, 0.2) is 18.2 Å². The maximum atomic E-state index is 3.55. The van der Waals surface area contributed by atoms with E-state index in [9.17, 15) is 0 Å². The molecule has 1 N–H and O–H groups in total. The second kappa shape index (κ2) is 3.96. The van der Waals surface area contributed by atoms with Crippen molar-refractivity contribution in [1.29, 1.82) is 0 Å². The largest absolute Gasteiger partial charge is 0.310 e. The number of hydrogen-bond acceptors (Lipinski definition) is 1. The van der Waals surface area contributed by atoms with Crippen molar-refractivity contribution < 1.29 is 0 Å². The third kappa shape index (κ3) is 1.89. The van der Waals surface area contributed by atoms with Gasteiger partial charge in [-0.3, -0.25) is 0 Å². The van der Waals surface area contributed by atoms with E-state index in [-0.39, 0.29) is 0 Å². The Morgan fingerprint density at radius 2 is 2.38 bits per heavy atom. The van der Waals surface area contributed by atoms with E-state index in [2.05, 4.69) is 53.0 Å². The van der Waals surface area contributed by atoms with E-state index >= 15 is 0 Å². The molecule has 0 spiro atoms. The van der Waals surface area contributed by atoms with Gasteiger partial charge in [0.05, 0.1) is 0 Å². The Labute approximate surface area is 93.1 Å². The van der Waals surface area contributed by atoms with Crippen molar-refractivity contribution in [2.75, 3.05) is 6.54 Å². The fraction of sp³-hybridized carbons (Fsp3) is 0.455. The van der Waals surface area contributed by atoms with E-state index < -0.39 is 0 Å². The lowest BCUT2D eigenvalue weighted by molar-refractivity contribution is 0.492. The first-order valence-electron chi connectivity index (χ1n) is 4.83. The van der Waals surface area contributed by atoms with E-state index in [1.165, 1.54) is 27.5 Å². The molecule has 1 aromatic rings. The third-order valence-electron chi connectivity index (χ3n) is 2.68. The molecule has 13 heavy (non-hydrogen) atoms. The lowest BCUT2D eigenvalue weighted by atomic mass is 9.93. The van der Waals surface area contributed by atoms with Crippen molar-refractivity contribution in [2.45, 2.75) is 25.8 Å². The molecule has 0 aromatic heterocycles. The maximum absolute atomic E-state index is 3.55. The summed E-state index contributed by atoms with van der Waals surface area (Å²) in [6, 6.07) is 7.38. The first kappa shape index (κ1) is 9.46. The number of rotatable bonds is 1. The SMILES string of the molecule is CCC1NCCc2ccc(I)cc21. The summed E-state index contributed by atoms with van der Waals surface area (Å²) in [5.74, 6) is 0. The quantitative estimate of drug-likeness (QED) is 0.783. The van der Waals surface area contributed by atoms with E-state index in [4.69, 9.17) is 0 Å². The van der Waals surface area contributed by atoms with Gasteiger partial charge in [-0.25, -0.2) is 0 Å². The zero-order valence-corrected chi connectivity index (χ0v) is 9.97. The second-order valence-corrected chi connectivity index (χ2v) is 4.75. The van der Waals surface area contributed by atoms with Crippen LogP contribution in [0.1, 0.15) is 30.5 Å². The summed E-state index contributed by atoms with van der Waals surface area (Å²) in [4.78, 5) is 0. The minimum Gasteiger partial charge on any atom is -0.310 e. The average Bonchev–Trinajstić information content (AvgIpc) is 2.17. The molecule has 0 aliphatic carbocycles. The summed E-state index contributed by atoms with van der Waals surface area (Å²) in [6.07, 6.45) is 2.37. The van der Waals surface area contributed by atoms with Crippen LogP contribution in [0.2, 0.25) is 0 Å². The van der Waals surface area contributed by atoms with Gasteiger partial charge in [-0.1, -0.05) is 13.0 Å². The van der Waals surface area contributed by atoms with Gasteiger partial charge in [-0.05, 0) is 65.2 Å². The van der Waals surface area contributed by atoms with Gasteiger partial charge >= 0.3 is 0 Å². The summed E-state index contributed by atoms with van der Waals surface area (Å²) in [7, 11) is 0. The van der Waals surface area contributed by atoms with Crippen molar-refractivity contribution in [1.82, 2.24) is 5.32 Å². The molecule has 1 aliphatic rings. The van der Waals surface area contributed by atoms with Crippen molar-refractivity contribution in [3.05, 3.63) is 32.9 Å². The van der Waals surface area contributed by atoms with Gasteiger partial charge in [0, 0.05) is 9.61 Å². The van der Waals surface area contributed by atoms with E-state index in [0.717, 1.165) is 6.54 Å². The molecule has 0 radical (unpaired) electrons. The fourth-order valence-corrected chi connectivity index (χ4v) is 2.49. The van der Waals surface area contributed by atoms with Crippen LogP contribution in [0.5, 0.6) is 0 Å². The molecule has 1 unspecified atom stereocenters. The highest BCUT2D eigenvalue weighted by molar-refractivity contribution is 14.1. The summed E-state index contributed by atoms with van der Waals surface area (Å²) in [5.41, 5.74) is 3.05. The van der Waals surface area contributed by atoms with Crippen LogP contribution in [0.25, 0.3) is 0 Å². The van der Waals surface area contributed by atoms with E-state index in [0.29, 0.717) is 6.04 Å². The predicted octanol–water partition coefficient (Wildman–Crippen LogP) is 2.89. The molecule has 0 saturated heterocycles. The van der Waals surface area contributed by atoms with E-state index in [1.807, 2.05) is 0 Å². The minimum absolute atomic E-state index is 0.582. The van der Waals surface area contributed by atoms with Gasteiger partial charge in [0.25, 0.3) is 0 Å². The van der Waals surface area contributed by atoms with Crippen LogP contribution in [-0.2, 0) is 6.42 Å². The highest BCUT2D eigenvalue weighted by Gasteiger charge is 2.17. The van der Waals surface area contributed by atoms with Crippen LogP contribution in [0.4, 0.5) is 0 Å². The lowest BCUT2D eigenvalue weighted by Crippen LogP contribution is -2.29. The molecule has 2 rings (SSSR count). The van der Waals surface area contributed by atoms with Gasteiger partial charge < -0.3 is 5.32 Å². The Morgan fingerprint density at radius 1 is 1.54 bits per heavy atom. The molecule has 70 valence electrons. The summed E-state index contributed by atoms with van der Waals surface area (Å²) < 4.78 is 1.35. The Bertz CT molecular complexity index is 309. The monoisotopic (exact) mass is 287 g/mol. The van der Waals surface area contributed by atoms with Crippen LogP contribution in [-0.4, -0.2) is 6.54 Å². The maximum Gasteiger partial charge on any atom is 0.0320 e. The number of nitrogens with one attached hydrogen (secondary N) is 1. The standard InChI is InChI=1S/C11H14IN/c1-2-11-10-7-9(12)4-3-8(10)5-6-13-11/h3-4,7,11,13H,2,5-6H2,1H3.